The summed E-state index contributed by atoms with van der Waals surface area (Å²) >= 11 is 0. The monoisotopic (exact) mass is 190 g/mol. The number of hydrogen-bond acceptors (Lipinski definition) is 5. The van der Waals surface area contributed by atoms with Crippen molar-refractivity contribution in [1.29, 1.82) is 0 Å². The zero-order valence-corrected chi connectivity index (χ0v) is 7.38. The van der Waals surface area contributed by atoms with Gasteiger partial charge >= 0.3 is 5.97 Å². The first-order chi connectivity index (χ1) is 6.11. The Kier molecular flexibility index (Phi) is 6.13. The number of hydrogen-bond donors (Lipinski definition) is 3. The van der Waals surface area contributed by atoms with Crippen LogP contribution in [-0.4, -0.2) is 46.7 Å². The Hall–Kier alpha value is -0.910. The van der Waals surface area contributed by atoms with Crippen molar-refractivity contribution < 1.29 is 24.9 Å². The Morgan fingerprint density at radius 3 is 2.54 bits per heavy atom. The second kappa shape index (κ2) is 6.59. The number of aliphatic hydroxyl groups excluding tert-OH is 3. The van der Waals surface area contributed by atoms with Gasteiger partial charge in [0.05, 0.1) is 6.61 Å². The van der Waals surface area contributed by atoms with E-state index in [9.17, 15) is 4.79 Å². The Morgan fingerprint density at radius 2 is 2.08 bits per heavy atom. The highest BCUT2D eigenvalue weighted by Gasteiger charge is 2.16. The molecule has 0 aromatic heterocycles. The molecule has 0 aliphatic rings. The second-order valence-electron chi connectivity index (χ2n) is 2.45. The summed E-state index contributed by atoms with van der Waals surface area (Å²) in [5.41, 5.74) is 0. The van der Waals surface area contributed by atoms with Crippen molar-refractivity contribution in [2.45, 2.75) is 19.1 Å². The largest absolute Gasteiger partial charge is 0.460 e. The molecule has 5 nitrogen and oxygen atoms in total. The minimum atomic E-state index is -1.28. The molecule has 0 heterocycles. The zero-order valence-electron chi connectivity index (χ0n) is 7.38. The van der Waals surface area contributed by atoms with Gasteiger partial charge < -0.3 is 20.1 Å². The minimum Gasteiger partial charge on any atom is -0.460 e. The van der Waals surface area contributed by atoms with Gasteiger partial charge in [-0.1, -0.05) is 6.08 Å². The fraction of sp³-hybridized carbons (Fsp3) is 0.625. The van der Waals surface area contributed by atoms with Gasteiger partial charge in [-0.3, -0.25) is 0 Å². The molecule has 0 aliphatic carbocycles. The van der Waals surface area contributed by atoms with Crippen molar-refractivity contribution in [3.63, 3.8) is 0 Å². The van der Waals surface area contributed by atoms with E-state index in [0.717, 1.165) is 0 Å². The van der Waals surface area contributed by atoms with Crippen LogP contribution in [0.5, 0.6) is 0 Å². The minimum absolute atomic E-state index is 0.328. The molecule has 2 unspecified atom stereocenters. The van der Waals surface area contributed by atoms with Crippen LogP contribution in [0.4, 0.5) is 0 Å². The van der Waals surface area contributed by atoms with E-state index in [0.29, 0.717) is 0 Å². The van der Waals surface area contributed by atoms with E-state index < -0.39 is 24.8 Å². The summed E-state index contributed by atoms with van der Waals surface area (Å²) in [6.07, 6.45) is 0.160. The van der Waals surface area contributed by atoms with Crippen LogP contribution in [0, 0.1) is 0 Å². The molecule has 76 valence electrons. The molecular formula is C8H14O5. The lowest BCUT2D eigenvalue weighted by Gasteiger charge is -2.14. The summed E-state index contributed by atoms with van der Waals surface area (Å²) in [4.78, 5) is 10.7. The lowest BCUT2D eigenvalue weighted by Crippen LogP contribution is -2.33. The van der Waals surface area contributed by atoms with Crippen LogP contribution in [0.3, 0.4) is 0 Å². The summed E-state index contributed by atoms with van der Waals surface area (Å²) in [6.45, 7) is 0.757. The molecule has 3 N–H and O–H groups in total. The van der Waals surface area contributed by atoms with E-state index in [1.165, 1.54) is 12.2 Å². The molecule has 0 rings (SSSR count). The third kappa shape index (κ3) is 5.35. The van der Waals surface area contributed by atoms with E-state index in [2.05, 4.69) is 4.74 Å². The van der Waals surface area contributed by atoms with Crippen LogP contribution in [0.1, 0.15) is 6.92 Å². The van der Waals surface area contributed by atoms with Crippen molar-refractivity contribution in [2.24, 2.45) is 0 Å². The molecular weight excluding hydrogens is 176 g/mol. The van der Waals surface area contributed by atoms with Gasteiger partial charge in [0.2, 0.25) is 0 Å². The molecule has 2 atom stereocenters. The fourth-order valence-corrected chi connectivity index (χ4v) is 0.584. The number of aliphatic hydroxyl groups is 3. The van der Waals surface area contributed by atoms with Crippen molar-refractivity contribution in [2.75, 3.05) is 13.2 Å². The van der Waals surface area contributed by atoms with Gasteiger partial charge in [-0.25, -0.2) is 4.79 Å². The highest BCUT2D eigenvalue weighted by Crippen LogP contribution is 1.94. The molecule has 0 spiro atoms. The third-order valence-electron chi connectivity index (χ3n) is 1.33. The van der Waals surface area contributed by atoms with Crippen LogP contribution in [-0.2, 0) is 9.53 Å². The van der Waals surface area contributed by atoms with Crippen LogP contribution in [0.15, 0.2) is 12.2 Å². The summed E-state index contributed by atoms with van der Waals surface area (Å²) in [5.74, 6) is -0.591. The van der Waals surface area contributed by atoms with Crippen LogP contribution < -0.4 is 0 Å². The van der Waals surface area contributed by atoms with Crippen molar-refractivity contribution in [3.8, 4) is 0 Å². The van der Waals surface area contributed by atoms with E-state index >= 15 is 0 Å². The van der Waals surface area contributed by atoms with E-state index in [1.54, 1.807) is 6.92 Å². The predicted octanol–water partition coefficient (Wildman–Crippen LogP) is -1.18. The first-order valence-corrected chi connectivity index (χ1v) is 3.88. The van der Waals surface area contributed by atoms with Crippen molar-refractivity contribution >= 4 is 5.97 Å². The Morgan fingerprint density at radius 1 is 1.46 bits per heavy atom. The van der Waals surface area contributed by atoms with Gasteiger partial charge in [0.25, 0.3) is 0 Å². The molecule has 0 saturated heterocycles. The molecule has 0 aromatic carbocycles. The topological polar surface area (TPSA) is 87.0 Å². The van der Waals surface area contributed by atoms with Crippen LogP contribution in [0.2, 0.25) is 0 Å². The van der Waals surface area contributed by atoms with Gasteiger partial charge in [-0.05, 0) is 6.92 Å². The summed E-state index contributed by atoms with van der Waals surface area (Å²) < 4.78 is 4.52. The number of allylic oxidation sites excluding steroid dienone is 1. The van der Waals surface area contributed by atoms with E-state index in [-0.39, 0.29) is 6.61 Å². The van der Waals surface area contributed by atoms with Crippen LogP contribution >= 0.6 is 0 Å². The normalized spacial score (nSPS) is 15.7. The van der Waals surface area contributed by atoms with Crippen molar-refractivity contribution in [1.82, 2.24) is 0 Å². The smallest absolute Gasteiger partial charge is 0.330 e. The Balaban J connectivity index is 3.69. The molecule has 5 heteroatoms. The Bertz CT molecular complexity index is 177. The summed E-state index contributed by atoms with van der Waals surface area (Å²) in [6, 6.07) is 0. The quantitative estimate of drug-likeness (QED) is 0.375. The fourth-order valence-electron chi connectivity index (χ4n) is 0.584. The maximum atomic E-state index is 10.7. The van der Waals surface area contributed by atoms with E-state index in [4.69, 9.17) is 15.3 Å². The average Bonchev–Trinajstić information content (AvgIpc) is 2.13. The Labute approximate surface area is 76.3 Å². The first-order valence-electron chi connectivity index (χ1n) is 3.88. The van der Waals surface area contributed by atoms with Gasteiger partial charge in [-0.15, -0.1) is 0 Å². The lowest BCUT2D eigenvalue weighted by atomic mass is 10.2. The predicted molar refractivity (Wildman–Crippen MR) is 44.9 cm³/mol. The maximum absolute atomic E-state index is 10.7. The molecule has 0 aromatic rings. The van der Waals surface area contributed by atoms with E-state index in [1.807, 2.05) is 0 Å². The van der Waals surface area contributed by atoms with Crippen molar-refractivity contribution in [3.05, 3.63) is 12.2 Å². The third-order valence-corrected chi connectivity index (χ3v) is 1.33. The molecule has 0 amide bonds. The number of ether oxygens (including phenoxy) is 1. The highest BCUT2D eigenvalue weighted by atomic mass is 16.5. The number of rotatable bonds is 5. The zero-order chi connectivity index (χ0) is 10.3. The SMILES string of the molecule is C/C=C/C(=O)OCC(O)C(O)CO. The summed E-state index contributed by atoms with van der Waals surface area (Å²) in [5, 5.41) is 26.3. The molecule has 13 heavy (non-hydrogen) atoms. The highest BCUT2D eigenvalue weighted by molar-refractivity contribution is 5.81. The maximum Gasteiger partial charge on any atom is 0.330 e. The molecule has 0 saturated carbocycles. The number of carbonyl (C=O) groups excluding carboxylic acids is 1. The number of carbonyl (C=O) groups is 1. The first kappa shape index (κ1) is 12.1. The van der Waals surface area contributed by atoms with Gasteiger partial charge in [0.15, 0.2) is 0 Å². The molecule has 0 radical (unpaired) electrons. The van der Waals surface area contributed by atoms with Gasteiger partial charge in [-0.2, -0.15) is 0 Å². The average molecular weight is 190 g/mol. The number of esters is 1. The summed E-state index contributed by atoms with van der Waals surface area (Å²) in [7, 11) is 0. The van der Waals surface area contributed by atoms with Crippen LogP contribution in [0.25, 0.3) is 0 Å². The van der Waals surface area contributed by atoms with Gasteiger partial charge in [0, 0.05) is 6.08 Å². The lowest BCUT2D eigenvalue weighted by molar-refractivity contribution is -0.143. The standard InChI is InChI=1S/C8H14O5/c1-2-3-8(12)13-5-7(11)6(10)4-9/h2-3,6-7,9-11H,4-5H2,1H3/b3-2+. The molecule has 0 aliphatic heterocycles. The second-order valence-corrected chi connectivity index (χ2v) is 2.45. The molecule has 0 fully saturated rings. The van der Waals surface area contributed by atoms with Gasteiger partial charge in [0.1, 0.15) is 18.8 Å². The molecule has 0 bridgehead atoms.